The van der Waals surface area contributed by atoms with Crippen LogP contribution in [0.4, 0.5) is 21.5 Å². The summed E-state index contributed by atoms with van der Waals surface area (Å²) >= 11 is 0. The molecule has 4 rings (SSSR count). The van der Waals surface area contributed by atoms with Crippen LogP contribution in [-0.4, -0.2) is 30.0 Å². The standard InChI is InChI=1S/C20H15FN6O3/c1-25-9-8-22-20(25)19(28)13-6-7-16(18(10-13)27(29)30)24-14-11-23-26(12-14)17-5-3-2-4-15(17)21/h2-12,24H,1H3. The number of aryl methyl sites for hydroxylation is 1. The number of nitrogens with one attached hydrogen (secondary N) is 1. The maximum Gasteiger partial charge on any atom is 0.293 e. The summed E-state index contributed by atoms with van der Waals surface area (Å²) in [6, 6.07) is 10.2. The van der Waals surface area contributed by atoms with Gasteiger partial charge in [-0.1, -0.05) is 12.1 Å². The molecule has 2 aromatic heterocycles. The van der Waals surface area contributed by atoms with E-state index >= 15 is 0 Å². The van der Waals surface area contributed by atoms with Gasteiger partial charge in [-0.05, 0) is 24.3 Å². The highest BCUT2D eigenvalue weighted by Gasteiger charge is 2.21. The van der Waals surface area contributed by atoms with Crippen LogP contribution >= 0.6 is 0 Å². The average molecular weight is 406 g/mol. The van der Waals surface area contributed by atoms with Gasteiger partial charge in [0.15, 0.2) is 5.82 Å². The van der Waals surface area contributed by atoms with Crippen LogP contribution in [0.5, 0.6) is 0 Å². The molecule has 0 fully saturated rings. The largest absolute Gasteiger partial charge is 0.347 e. The number of nitrogens with zero attached hydrogens (tertiary/aromatic N) is 5. The highest BCUT2D eigenvalue weighted by molar-refractivity contribution is 6.07. The number of carbonyl (C=O) groups excluding carboxylic acids is 1. The fourth-order valence-electron chi connectivity index (χ4n) is 2.96. The molecule has 0 unspecified atom stereocenters. The number of para-hydroxylation sites is 1. The van der Waals surface area contributed by atoms with Crippen molar-refractivity contribution < 1.29 is 14.1 Å². The van der Waals surface area contributed by atoms with Gasteiger partial charge in [0.05, 0.1) is 23.0 Å². The molecule has 0 radical (unpaired) electrons. The summed E-state index contributed by atoms with van der Waals surface area (Å²) in [5.41, 5.74) is 0.697. The molecule has 0 bridgehead atoms. The number of imidazole rings is 1. The minimum Gasteiger partial charge on any atom is -0.347 e. The van der Waals surface area contributed by atoms with Gasteiger partial charge in [0.25, 0.3) is 5.69 Å². The van der Waals surface area contributed by atoms with E-state index in [4.69, 9.17) is 0 Å². The van der Waals surface area contributed by atoms with Gasteiger partial charge in [-0.15, -0.1) is 0 Å². The molecule has 0 atom stereocenters. The van der Waals surface area contributed by atoms with E-state index in [-0.39, 0.29) is 28.5 Å². The van der Waals surface area contributed by atoms with E-state index < -0.39 is 16.5 Å². The Balaban J connectivity index is 1.64. The summed E-state index contributed by atoms with van der Waals surface area (Å²) < 4.78 is 16.8. The van der Waals surface area contributed by atoms with Gasteiger partial charge in [0, 0.05) is 31.1 Å². The Labute approximate surface area is 169 Å². The maximum atomic E-state index is 13.9. The molecular weight excluding hydrogens is 391 g/mol. The number of carbonyl (C=O) groups is 1. The van der Waals surface area contributed by atoms with Crippen molar-refractivity contribution in [2.45, 2.75) is 0 Å². The third-order valence-electron chi connectivity index (χ3n) is 4.44. The van der Waals surface area contributed by atoms with Crippen LogP contribution in [0.15, 0.2) is 67.3 Å². The number of anilines is 2. The van der Waals surface area contributed by atoms with E-state index in [2.05, 4.69) is 15.4 Å². The molecule has 10 heteroatoms. The molecule has 0 aliphatic carbocycles. The highest BCUT2D eigenvalue weighted by atomic mass is 19.1. The summed E-state index contributed by atoms with van der Waals surface area (Å²) in [5, 5.41) is 18.6. The lowest BCUT2D eigenvalue weighted by Crippen LogP contribution is -2.09. The molecule has 30 heavy (non-hydrogen) atoms. The van der Waals surface area contributed by atoms with Crippen LogP contribution in [0.25, 0.3) is 5.69 Å². The summed E-state index contributed by atoms with van der Waals surface area (Å²) in [6.45, 7) is 0. The summed E-state index contributed by atoms with van der Waals surface area (Å²) in [4.78, 5) is 27.6. The first-order chi connectivity index (χ1) is 14.4. The molecule has 1 N–H and O–H groups in total. The number of nitro benzene ring substituents is 1. The predicted molar refractivity (Wildman–Crippen MR) is 107 cm³/mol. The van der Waals surface area contributed by atoms with Gasteiger partial charge < -0.3 is 9.88 Å². The van der Waals surface area contributed by atoms with E-state index in [1.165, 1.54) is 52.1 Å². The Hall–Kier alpha value is -4.34. The Morgan fingerprint density at radius 1 is 1.23 bits per heavy atom. The fourth-order valence-corrected chi connectivity index (χ4v) is 2.96. The van der Waals surface area contributed by atoms with E-state index in [1.54, 1.807) is 31.4 Å². The molecule has 4 aromatic rings. The minimum atomic E-state index is -0.585. The average Bonchev–Trinajstić information content (AvgIpc) is 3.37. The predicted octanol–water partition coefficient (Wildman–Crippen LogP) is 3.63. The molecule has 0 saturated heterocycles. The Morgan fingerprint density at radius 3 is 2.73 bits per heavy atom. The van der Waals surface area contributed by atoms with Crippen molar-refractivity contribution in [2.24, 2.45) is 7.05 Å². The van der Waals surface area contributed by atoms with Crippen molar-refractivity contribution in [1.82, 2.24) is 19.3 Å². The Bertz CT molecular complexity index is 1260. The lowest BCUT2D eigenvalue weighted by atomic mass is 10.1. The third kappa shape index (κ3) is 3.53. The molecule has 2 heterocycles. The second-order valence-electron chi connectivity index (χ2n) is 6.43. The summed E-state index contributed by atoms with van der Waals surface area (Å²) in [6.07, 6.45) is 6.02. The number of benzene rings is 2. The van der Waals surface area contributed by atoms with Gasteiger partial charge in [-0.25, -0.2) is 14.1 Å². The lowest BCUT2D eigenvalue weighted by molar-refractivity contribution is -0.383. The van der Waals surface area contributed by atoms with E-state index in [1.807, 2.05) is 0 Å². The van der Waals surface area contributed by atoms with Crippen molar-refractivity contribution >= 4 is 22.8 Å². The number of hydrogen-bond acceptors (Lipinski definition) is 6. The van der Waals surface area contributed by atoms with Crippen LogP contribution in [0, 0.1) is 15.9 Å². The third-order valence-corrected chi connectivity index (χ3v) is 4.44. The molecule has 0 aliphatic rings. The van der Waals surface area contributed by atoms with E-state index in [0.717, 1.165) is 0 Å². The van der Waals surface area contributed by atoms with Gasteiger partial charge >= 0.3 is 0 Å². The second-order valence-corrected chi connectivity index (χ2v) is 6.43. The Kier molecular flexibility index (Phi) is 4.80. The van der Waals surface area contributed by atoms with Crippen LogP contribution < -0.4 is 5.32 Å². The van der Waals surface area contributed by atoms with Gasteiger partial charge in [-0.2, -0.15) is 5.10 Å². The monoisotopic (exact) mass is 406 g/mol. The molecule has 0 saturated carbocycles. The first kappa shape index (κ1) is 19.0. The Morgan fingerprint density at radius 2 is 2.03 bits per heavy atom. The number of aromatic nitrogens is 4. The highest BCUT2D eigenvalue weighted by Crippen LogP contribution is 2.29. The zero-order chi connectivity index (χ0) is 21.3. The lowest BCUT2D eigenvalue weighted by Gasteiger charge is -2.07. The zero-order valence-electron chi connectivity index (χ0n) is 15.7. The maximum absolute atomic E-state index is 13.9. The van der Waals surface area contributed by atoms with Crippen LogP contribution in [-0.2, 0) is 7.05 Å². The molecule has 0 aliphatic heterocycles. The normalized spacial score (nSPS) is 10.7. The SMILES string of the molecule is Cn1ccnc1C(=O)c1ccc(Nc2cnn(-c3ccccc3F)c2)c([N+](=O)[O-])c1. The molecule has 9 nitrogen and oxygen atoms in total. The first-order valence-electron chi connectivity index (χ1n) is 8.81. The summed E-state index contributed by atoms with van der Waals surface area (Å²) in [5.74, 6) is -0.698. The van der Waals surface area contributed by atoms with Crippen molar-refractivity contribution in [3.63, 3.8) is 0 Å². The number of ketones is 1. The quantitative estimate of drug-likeness (QED) is 0.298. The molecule has 0 spiro atoms. The number of rotatable bonds is 6. The zero-order valence-corrected chi connectivity index (χ0v) is 15.7. The minimum absolute atomic E-state index is 0.142. The van der Waals surface area contributed by atoms with Gasteiger partial charge in [-0.3, -0.25) is 14.9 Å². The van der Waals surface area contributed by atoms with Crippen molar-refractivity contribution in [1.29, 1.82) is 0 Å². The van der Waals surface area contributed by atoms with E-state index in [9.17, 15) is 19.3 Å². The number of nitro groups is 1. The summed E-state index contributed by atoms with van der Waals surface area (Å²) in [7, 11) is 1.66. The van der Waals surface area contributed by atoms with Crippen LogP contribution in [0.1, 0.15) is 16.2 Å². The topological polar surface area (TPSA) is 108 Å². The van der Waals surface area contributed by atoms with Crippen LogP contribution in [0.2, 0.25) is 0 Å². The first-order valence-corrected chi connectivity index (χ1v) is 8.81. The van der Waals surface area contributed by atoms with Crippen molar-refractivity contribution in [3.8, 4) is 5.69 Å². The van der Waals surface area contributed by atoms with Gasteiger partial charge in [0.1, 0.15) is 17.2 Å². The number of hydrogen-bond donors (Lipinski definition) is 1. The smallest absolute Gasteiger partial charge is 0.293 e. The van der Waals surface area contributed by atoms with Crippen LogP contribution in [0.3, 0.4) is 0 Å². The number of halogens is 1. The fraction of sp³-hybridized carbons (Fsp3) is 0.0500. The molecule has 0 amide bonds. The van der Waals surface area contributed by atoms with Crippen molar-refractivity contribution in [2.75, 3.05) is 5.32 Å². The molecular formula is C20H15FN6O3. The van der Waals surface area contributed by atoms with E-state index in [0.29, 0.717) is 5.69 Å². The molecule has 2 aromatic carbocycles. The van der Waals surface area contributed by atoms with Gasteiger partial charge in [0.2, 0.25) is 5.78 Å². The second kappa shape index (κ2) is 7.59. The van der Waals surface area contributed by atoms with Crippen molar-refractivity contribution in [3.05, 3.63) is 94.6 Å². The molecule has 150 valence electrons.